The lowest BCUT2D eigenvalue weighted by Gasteiger charge is -2.17. The van der Waals surface area contributed by atoms with Gasteiger partial charge in [-0.15, -0.1) is 0 Å². The topological polar surface area (TPSA) is 113 Å². The van der Waals surface area contributed by atoms with Crippen LogP contribution in [0.4, 0.5) is 5.82 Å². The summed E-state index contributed by atoms with van der Waals surface area (Å²) in [4.78, 5) is 27.1. The number of carboxylic acids is 1. The largest absolute Gasteiger partial charge is 0.504 e. The number of carboxylic acid groups (broad SMARTS) is 1. The van der Waals surface area contributed by atoms with Crippen molar-refractivity contribution in [1.29, 1.82) is 0 Å². The number of hydrogen-bond acceptors (Lipinski definition) is 6. The maximum absolute atomic E-state index is 11.4. The number of benzene rings is 1. The summed E-state index contributed by atoms with van der Waals surface area (Å²) in [6.45, 7) is 0.0458. The first-order valence-electron chi connectivity index (χ1n) is 8.08. The fraction of sp³-hybridized carbons (Fsp3) is 0.167. The van der Waals surface area contributed by atoms with Gasteiger partial charge in [-0.25, -0.2) is 4.98 Å². The predicted octanol–water partition coefficient (Wildman–Crippen LogP) is 4.46. The van der Waals surface area contributed by atoms with Gasteiger partial charge in [-0.2, -0.15) is 0 Å². The number of fused-ring (bicyclic) bond motifs is 1. The lowest BCUT2D eigenvalue weighted by atomic mass is 10.2. The molecule has 0 saturated carbocycles. The van der Waals surface area contributed by atoms with Gasteiger partial charge in [-0.3, -0.25) is 14.5 Å². The summed E-state index contributed by atoms with van der Waals surface area (Å²) in [6, 6.07) is 7.97. The molecule has 10 heteroatoms. The minimum absolute atomic E-state index is 0.0458. The van der Waals surface area contributed by atoms with Crippen LogP contribution >= 0.6 is 23.2 Å². The fourth-order valence-corrected chi connectivity index (χ4v) is 2.84. The van der Waals surface area contributed by atoms with Gasteiger partial charge in [0.1, 0.15) is 5.75 Å². The number of nitrogens with zero attached hydrogens (tertiary/aromatic N) is 2. The van der Waals surface area contributed by atoms with Gasteiger partial charge in [0.25, 0.3) is 5.95 Å². The van der Waals surface area contributed by atoms with Gasteiger partial charge in [0.05, 0.1) is 5.39 Å². The maximum Gasteiger partial charge on any atom is 0.303 e. The second-order valence-electron chi connectivity index (χ2n) is 5.74. The first-order valence-corrected chi connectivity index (χ1v) is 8.83. The molecule has 0 aliphatic carbocycles. The Hall–Kier alpha value is -2.97. The van der Waals surface area contributed by atoms with E-state index in [1.165, 1.54) is 6.07 Å². The van der Waals surface area contributed by atoms with E-state index in [0.29, 0.717) is 17.2 Å². The summed E-state index contributed by atoms with van der Waals surface area (Å²) in [5, 5.41) is 19.9. The molecule has 146 valence electrons. The van der Waals surface area contributed by atoms with E-state index in [1.807, 2.05) is 0 Å². The van der Waals surface area contributed by atoms with Gasteiger partial charge in [0.15, 0.2) is 22.3 Å². The third kappa shape index (κ3) is 4.29. The minimum atomic E-state index is -0.990. The normalized spacial score (nSPS) is 10.8. The van der Waals surface area contributed by atoms with Crippen LogP contribution in [-0.2, 0) is 9.59 Å². The fourth-order valence-electron chi connectivity index (χ4n) is 2.49. The van der Waals surface area contributed by atoms with Gasteiger partial charge >= 0.3 is 5.97 Å². The highest BCUT2D eigenvalue weighted by molar-refractivity contribution is 6.34. The SMILES string of the molecule is O=CN(CCCC(=O)O)c1nc(Cl)c2oc(Oc3ccc(Cl)cc3)cc2c1O. The van der Waals surface area contributed by atoms with E-state index in [4.69, 9.17) is 37.5 Å². The van der Waals surface area contributed by atoms with Gasteiger partial charge in [-0.05, 0) is 30.7 Å². The number of aromatic nitrogens is 1. The molecule has 28 heavy (non-hydrogen) atoms. The average molecular weight is 425 g/mol. The number of ether oxygens (including phenoxy) is 1. The number of carbonyl (C=O) groups excluding carboxylic acids is 1. The Bertz CT molecular complexity index is 1020. The van der Waals surface area contributed by atoms with E-state index in [2.05, 4.69) is 4.98 Å². The smallest absolute Gasteiger partial charge is 0.303 e. The number of aliphatic carboxylic acids is 1. The first-order chi connectivity index (χ1) is 13.4. The molecule has 0 bridgehead atoms. The molecule has 0 unspecified atom stereocenters. The molecule has 0 aliphatic rings. The van der Waals surface area contributed by atoms with Crippen LogP contribution in [0.25, 0.3) is 11.0 Å². The number of halogens is 2. The molecule has 3 rings (SSSR count). The third-order valence-corrected chi connectivity index (χ3v) is 4.30. The zero-order valence-electron chi connectivity index (χ0n) is 14.3. The number of anilines is 1. The van der Waals surface area contributed by atoms with E-state index in [9.17, 15) is 14.7 Å². The molecule has 2 aromatic heterocycles. The molecular formula is C18H14Cl2N2O6. The quantitative estimate of drug-likeness (QED) is 0.405. The number of amides is 1. The minimum Gasteiger partial charge on any atom is -0.504 e. The second kappa shape index (κ2) is 8.37. The van der Waals surface area contributed by atoms with Crippen molar-refractivity contribution < 1.29 is 29.0 Å². The predicted molar refractivity (Wildman–Crippen MR) is 102 cm³/mol. The number of hydrogen-bond donors (Lipinski definition) is 2. The Morgan fingerprint density at radius 2 is 2.00 bits per heavy atom. The molecule has 2 N–H and O–H groups in total. The van der Waals surface area contributed by atoms with Crippen LogP contribution in [0, 0.1) is 0 Å². The van der Waals surface area contributed by atoms with Crippen molar-refractivity contribution in [3.8, 4) is 17.4 Å². The van der Waals surface area contributed by atoms with Gasteiger partial charge < -0.3 is 19.4 Å². The summed E-state index contributed by atoms with van der Waals surface area (Å²) in [7, 11) is 0. The van der Waals surface area contributed by atoms with Crippen molar-refractivity contribution in [3.05, 3.63) is 40.5 Å². The van der Waals surface area contributed by atoms with Gasteiger partial charge in [-0.1, -0.05) is 23.2 Å². The first kappa shape index (κ1) is 19.8. The van der Waals surface area contributed by atoms with Crippen molar-refractivity contribution in [3.63, 3.8) is 0 Å². The van der Waals surface area contributed by atoms with E-state index in [1.54, 1.807) is 24.3 Å². The standard InChI is InChI=1S/C18H14Cl2N2O6/c19-10-3-5-11(6-4-10)27-14-8-12-15(26)18(21-17(20)16(12)28-14)22(9-23)7-1-2-13(24)25/h3-6,8-9,26H,1-2,7H2,(H,24,25). The summed E-state index contributed by atoms with van der Waals surface area (Å²) in [5.41, 5.74) is 0.0864. The molecule has 8 nitrogen and oxygen atoms in total. The highest BCUT2D eigenvalue weighted by Crippen LogP contribution is 2.41. The number of carbonyl (C=O) groups is 2. The number of aromatic hydroxyl groups is 1. The second-order valence-corrected chi connectivity index (χ2v) is 6.53. The molecule has 1 amide bonds. The van der Waals surface area contributed by atoms with E-state index < -0.39 is 5.97 Å². The molecule has 0 aliphatic heterocycles. The van der Waals surface area contributed by atoms with Gasteiger partial charge in [0, 0.05) is 24.1 Å². The van der Waals surface area contributed by atoms with Crippen molar-refractivity contribution in [1.82, 2.24) is 4.98 Å². The van der Waals surface area contributed by atoms with E-state index in [0.717, 1.165) is 4.90 Å². The summed E-state index contributed by atoms with van der Waals surface area (Å²) in [5.74, 6) is -0.920. The Morgan fingerprint density at radius 1 is 1.29 bits per heavy atom. The number of furan rings is 1. The summed E-state index contributed by atoms with van der Waals surface area (Å²) >= 11 is 12.0. The maximum atomic E-state index is 11.4. The lowest BCUT2D eigenvalue weighted by molar-refractivity contribution is -0.137. The van der Waals surface area contributed by atoms with E-state index in [-0.39, 0.29) is 53.0 Å². The highest BCUT2D eigenvalue weighted by Gasteiger charge is 2.22. The van der Waals surface area contributed by atoms with Crippen LogP contribution in [-0.4, -0.2) is 34.1 Å². The molecule has 3 aromatic rings. The molecule has 1 aromatic carbocycles. The molecule has 0 spiro atoms. The zero-order valence-corrected chi connectivity index (χ0v) is 15.8. The molecule has 0 fully saturated rings. The van der Waals surface area contributed by atoms with Crippen molar-refractivity contribution >= 4 is 52.4 Å². The van der Waals surface area contributed by atoms with Crippen molar-refractivity contribution in [2.45, 2.75) is 12.8 Å². The third-order valence-electron chi connectivity index (χ3n) is 3.79. The Kier molecular flexibility index (Phi) is 5.91. The molecule has 0 radical (unpaired) electrons. The Labute approximate surface area is 168 Å². The Morgan fingerprint density at radius 3 is 2.64 bits per heavy atom. The van der Waals surface area contributed by atoms with Crippen molar-refractivity contribution in [2.75, 3.05) is 11.4 Å². The van der Waals surface area contributed by atoms with Crippen LogP contribution in [0.5, 0.6) is 17.4 Å². The molecule has 0 atom stereocenters. The van der Waals surface area contributed by atoms with Crippen LogP contribution in [0.1, 0.15) is 12.8 Å². The number of pyridine rings is 1. The lowest BCUT2D eigenvalue weighted by Crippen LogP contribution is -2.24. The van der Waals surface area contributed by atoms with Gasteiger partial charge in [0.2, 0.25) is 6.41 Å². The monoisotopic (exact) mass is 424 g/mol. The molecule has 0 saturated heterocycles. The van der Waals surface area contributed by atoms with Crippen LogP contribution < -0.4 is 9.64 Å². The van der Waals surface area contributed by atoms with Crippen LogP contribution in [0.2, 0.25) is 10.2 Å². The number of rotatable bonds is 8. The van der Waals surface area contributed by atoms with Crippen LogP contribution in [0.3, 0.4) is 0 Å². The van der Waals surface area contributed by atoms with E-state index >= 15 is 0 Å². The molecular weight excluding hydrogens is 411 g/mol. The summed E-state index contributed by atoms with van der Waals surface area (Å²) < 4.78 is 11.1. The van der Waals surface area contributed by atoms with Crippen molar-refractivity contribution in [2.24, 2.45) is 0 Å². The Balaban J connectivity index is 1.91. The molecule has 2 heterocycles. The highest BCUT2D eigenvalue weighted by atomic mass is 35.5. The average Bonchev–Trinajstić information content (AvgIpc) is 3.08. The summed E-state index contributed by atoms with van der Waals surface area (Å²) in [6.07, 6.45) is 0.490. The van der Waals surface area contributed by atoms with Crippen LogP contribution in [0.15, 0.2) is 34.7 Å². The zero-order chi connectivity index (χ0) is 20.3.